The number of fused-ring (bicyclic) bond motifs is 1. The summed E-state index contributed by atoms with van der Waals surface area (Å²) in [5.41, 5.74) is 3.02. The van der Waals surface area contributed by atoms with E-state index in [0.717, 1.165) is 34.9 Å². The van der Waals surface area contributed by atoms with Crippen LogP contribution in [0.15, 0.2) is 65.7 Å². The summed E-state index contributed by atoms with van der Waals surface area (Å²) in [5.74, 6) is 0. The van der Waals surface area contributed by atoms with Gasteiger partial charge >= 0.3 is 0 Å². The number of nitrogens with zero attached hydrogens (tertiary/aromatic N) is 2. The second kappa shape index (κ2) is 6.24. The van der Waals surface area contributed by atoms with Crippen molar-refractivity contribution in [2.24, 2.45) is 0 Å². The lowest BCUT2D eigenvalue weighted by molar-refractivity contribution is 0.397. The molecule has 4 rings (SSSR count). The minimum Gasteiger partial charge on any atom is -0.256 e. The molecule has 128 valence electrons. The fourth-order valence-corrected chi connectivity index (χ4v) is 5.19. The number of hydrogen-bond acceptors (Lipinski definition) is 3. The van der Waals surface area contributed by atoms with Crippen LogP contribution in [-0.4, -0.2) is 24.3 Å². The van der Waals surface area contributed by atoms with Gasteiger partial charge in [-0.1, -0.05) is 29.8 Å². The molecule has 2 heterocycles. The minimum absolute atomic E-state index is 0.115. The summed E-state index contributed by atoms with van der Waals surface area (Å²) in [4.78, 5) is 4.71. The molecule has 1 aromatic heterocycles. The standard InChI is InChI=1S/C20H20N2O2S/c1-15-6-9-18(10-7-15)25(23,24)22-13-3-5-20(22)17-8-11-19-16(14-17)4-2-12-21-19/h2,4,6-12,14,20H,3,5,13H2,1H3/t20-/m1/s1. The zero-order chi connectivity index (χ0) is 17.4. The van der Waals surface area contributed by atoms with E-state index in [-0.39, 0.29) is 6.04 Å². The molecule has 1 saturated heterocycles. The first-order chi connectivity index (χ1) is 12.1. The molecule has 3 aromatic rings. The highest BCUT2D eigenvalue weighted by Gasteiger charge is 2.36. The van der Waals surface area contributed by atoms with Gasteiger partial charge in [0.25, 0.3) is 0 Å². The molecule has 1 aliphatic rings. The molecule has 5 heteroatoms. The highest BCUT2D eigenvalue weighted by molar-refractivity contribution is 7.89. The van der Waals surface area contributed by atoms with Crippen molar-refractivity contribution >= 4 is 20.9 Å². The van der Waals surface area contributed by atoms with Crippen LogP contribution in [0.25, 0.3) is 10.9 Å². The molecule has 0 bridgehead atoms. The number of aryl methyl sites for hydroxylation is 1. The Balaban J connectivity index is 1.73. The van der Waals surface area contributed by atoms with Gasteiger partial charge < -0.3 is 0 Å². The summed E-state index contributed by atoms with van der Waals surface area (Å²) in [6.45, 7) is 2.52. The Morgan fingerprint density at radius 3 is 2.68 bits per heavy atom. The average Bonchev–Trinajstić information content (AvgIpc) is 3.12. The van der Waals surface area contributed by atoms with Gasteiger partial charge in [-0.15, -0.1) is 0 Å². The number of aromatic nitrogens is 1. The topological polar surface area (TPSA) is 50.3 Å². The molecule has 0 spiro atoms. The van der Waals surface area contributed by atoms with Crippen molar-refractivity contribution in [1.29, 1.82) is 0 Å². The Hall–Kier alpha value is -2.24. The van der Waals surface area contributed by atoms with Crippen LogP contribution in [-0.2, 0) is 10.0 Å². The van der Waals surface area contributed by atoms with E-state index in [1.54, 1.807) is 22.6 Å². The van der Waals surface area contributed by atoms with Crippen molar-refractivity contribution < 1.29 is 8.42 Å². The van der Waals surface area contributed by atoms with Crippen molar-refractivity contribution in [1.82, 2.24) is 9.29 Å². The molecule has 0 aliphatic carbocycles. The van der Waals surface area contributed by atoms with Crippen LogP contribution >= 0.6 is 0 Å². The van der Waals surface area contributed by atoms with Crippen molar-refractivity contribution in [3.63, 3.8) is 0 Å². The van der Waals surface area contributed by atoms with Gasteiger partial charge in [0.05, 0.1) is 16.5 Å². The highest BCUT2D eigenvalue weighted by atomic mass is 32.2. The fraction of sp³-hybridized carbons (Fsp3) is 0.250. The Labute approximate surface area is 148 Å². The SMILES string of the molecule is Cc1ccc(S(=O)(=O)N2CCC[C@@H]2c2ccc3ncccc3c2)cc1. The minimum atomic E-state index is -3.49. The molecule has 0 amide bonds. The Kier molecular flexibility index (Phi) is 4.06. The highest BCUT2D eigenvalue weighted by Crippen LogP contribution is 2.37. The summed E-state index contributed by atoms with van der Waals surface area (Å²) in [7, 11) is -3.49. The molecular weight excluding hydrogens is 332 g/mol. The second-order valence-corrected chi connectivity index (χ2v) is 8.43. The number of sulfonamides is 1. The van der Waals surface area contributed by atoms with Gasteiger partial charge in [0.15, 0.2) is 0 Å². The first kappa shape index (κ1) is 16.2. The third kappa shape index (κ3) is 2.94. The summed E-state index contributed by atoms with van der Waals surface area (Å²) in [6, 6.07) is 16.9. The van der Waals surface area contributed by atoms with E-state index < -0.39 is 10.0 Å². The molecule has 1 fully saturated rings. The van der Waals surface area contributed by atoms with Crippen LogP contribution in [0.5, 0.6) is 0 Å². The molecule has 0 unspecified atom stereocenters. The third-order valence-electron chi connectivity index (χ3n) is 4.84. The lowest BCUT2D eigenvalue weighted by Crippen LogP contribution is -2.30. The predicted molar refractivity (Wildman–Crippen MR) is 98.8 cm³/mol. The second-order valence-electron chi connectivity index (χ2n) is 6.54. The smallest absolute Gasteiger partial charge is 0.243 e. The maximum atomic E-state index is 13.1. The number of hydrogen-bond donors (Lipinski definition) is 0. The fourth-order valence-electron chi connectivity index (χ4n) is 3.51. The zero-order valence-corrected chi connectivity index (χ0v) is 14.9. The van der Waals surface area contributed by atoms with Crippen LogP contribution < -0.4 is 0 Å². The largest absolute Gasteiger partial charge is 0.256 e. The molecule has 1 atom stereocenters. The van der Waals surface area contributed by atoms with Crippen LogP contribution in [0, 0.1) is 6.92 Å². The molecule has 1 aliphatic heterocycles. The van der Waals surface area contributed by atoms with E-state index in [2.05, 4.69) is 11.1 Å². The number of rotatable bonds is 3. The van der Waals surface area contributed by atoms with Gasteiger partial charge in [-0.2, -0.15) is 4.31 Å². The zero-order valence-electron chi connectivity index (χ0n) is 14.1. The van der Waals surface area contributed by atoms with E-state index in [9.17, 15) is 8.42 Å². The summed E-state index contributed by atoms with van der Waals surface area (Å²) >= 11 is 0. The van der Waals surface area contributed by atoms with Crippen molar-refractivity contribution in [3.8, 4) is 0 Å². The third-order valence-corrected chi connectivity index (χ3v) is 6.77. The number of pyridine rings is 1. The molecule has 0 N–H and O–H groups in total. The first-order valence-corrected chi connectivity index (χ1v) is 9.93. The van der Waals surface area contributed by atoms with E-state index in [0.29, 0.717) is 11.4 Å². The van der Waals surface area contributed by atoms with Crippen LogP contribution in [0.2, 0.25) is 0 Å². The normalized spacial score (nSPS) is 18.7. The lowest BCUT2D eigenvalue weighted by Gasteiger charge is -2.24. The van der Waals surface area contributed by atoms with Gasteiger partial charge in [0.1, 0.15) is 0 Å². The molecule has 4 nitrogen and oxygen atoms in total. The van der Waals surface area contributed by atoms with Gasteiger partial charge in [-0.25, -0.2) is 8.42 Å². The molecular formula is C20H20N2O2S. The molecule has 25 heavy (non-hydrogen) atoms. The summed E-state index contributed by atoms with van der Waals surface area (Å²) in [5, 5.41) is 1.04. The molecule has 0 radical (unpaired) electrons. The Morgan fingerprint density at radius 1 is 1.08 bits per heavy atom. The van der Waals surface area contributed by atoms with E-state index in [1.165, 1.54) is 0 Å². The summed E-state index contributed by atoms with van der Waals surface area (Å²) < 4.78 is 27.9. The average molecular weight is 352 g/mol. The van der Waals surface area contributed by atoms with Gasteiger partial charge in [-0.3, -0.25) is 4.98 Å². The maximum Gasteiger partial charge on any atom is 0.243 e. The predicted octanol–water partition coefficient (Wildman–Crippen LogP) is 4.07. The Bertz CT molecular complexity index is 1010. The van der Waals surface area contributed by atoms with Gasteiger partial charge in [-0.05, 0) is 55.7 Å². The summed E-state index contributed by atoms with van der Waals surface area (Å²) in [6.07, 6.45) is 3.49. The maximum absolute atomic E-state index is 13.1. The van der Waals surface area contributed by atoms with Crippen LogP contribution in [0.1, 0.15) is 30.0 Å². The Morgan fingerprint density at radius 2 is 1.88 bits per heavy atom. The number of benzene rings is 2. The van der Waals surface area contributed by atoms with Crippen molar-refractivity contribution in [2.75, 3.05) is 6.54 Å². The lowest BCUT2D eigenvalue weighted by atomic mass is 10.0. The van der Waals surface area contributed by atoms with Gasteiger partial charge in [0, 0.05) is 18.1 Å². The van der Waals surface area contributed by atoms with Crippen LogP contribution in [0.3, 0.4) is 0 Å². The van der Waals surface area contributed by atoms with Crippen molar-refractivity contribution in [2.45, 2.75) is 30.7 Å². The van der Waals surface area contributed by atoms with Gasteiger partial charge in [0.2, 0.25) is 10.0 Å². The van der Waals surface area contributed by atoms with E-state index in [4.69, 9.17) is 0 Å². The molecule has 2 aromatic carbocycles. The van der Waals surface area contributed by atoms with Crippen LogP contribution in [0.4, 0.5) is 0 Å². The molecule has 0 saturated carbocycles. The van der Waals surface area contributed by atoms with E-state index in [1.807, 2.05) is 43.3 Å². The first-order valence-electron chi connectivity index (χ1n) is 8.49. The monoisotopic (exact) mass is 352 g/mol. The van der Waals surface area contributed by atoms with Crippen molar-refractivity contribution in [3.05, 3.63) is 71.9 Å². The quantitative estimate of drug-likeness (QED) is 0.714. The van der Waals surface area contributed by atoms with E-state index >= 15 is 0 Å².